The predicted molar refractivity (Wildman–Crippen MR) is 122 cm³/mol. The van der Waals surface area contributed by atoms with Crippen LogP contribution in [0, 0.1) is 12.3 Å². The summed E-state index contributed by atoms with van der Waals surface area (Å²) >= 11 is 0. The van der Waals surface area contributed by atoms with Gasteiger partial charge in [-0.3, -0.25) is 4.79 Å². The molecule has 0 atom stereocenters. The minimum absolute atomic E-state index is 0.0578. The molecule has 1 amide bonds. The number of carbonyl (C=O) groups excluding carboxylic acids is 1. The Morgan fingerprint density at radius 2 is 1.86 bits per heavy atom. The highest BCUT2D eigenvalue weighted by molar-refractivity contribution is 5.87. The molecule has 0 aliphatic carbocycles. The standard InChI is InChI=1S/C25H31N3O/c1-17-7-5-6-8-21(17)18-9-11-22-20(15-18)16-19(24(26)28-22)10-12-23(29)27-14-13-25(2,3)4/h5-9,11,15-16H,10,12-14H2,1-4H3,(H2,26,28)(H,27,29). The molecule has 0 bridgehead atoms. The maximum atomic E-state index is 12.2. The van der Waals surface area contributed by atoms with Crippen molar-refractivity contribution >= 4 is 22.6 Å². The topological polar surface area (TPSA) is 68.0 Å². The van der Waals surface area contributed by atoms with Gasteiger partial charge in [-0.15, -0.1) is 0 Å². The molecule has 3 aromatic rings. The summed E-state index contributed by atoms with van der Waals surface area (Å²) < 4.78 is 0. The second-order valence-corrected chi connectivity index (χ2v) is 8.92. The number of fused-ring (bicyclic) bond motifs is 1. The molecule has 0 aliphatic rings. The lowest BCUT2D eigenvalue weighted by atomic mass is 9.92. The van der Waals surface area contributed by atoms with Crippen LogP contribution >= 0.6 is 0 Å². The van der Waals surface area contributed by atoms with Crippen molar-refractivity contribution in [2.24, 2.45) is 5.41 Å². The van der Waals surface area contributed by atoms with Gasteiger partial charge < -0.3 is 11.1 Å². The summed E-state index contributed by atoms with van der Waals surface area (Å²) in [5.74, 6) is 0.561. The number of anilines is 1. The van der Waals surface area contributed by atoms with Crippen LogP contribution in [0.1, 0.15) is 44.7 Å². The van der Waals surface area contributed by atoms with E-state index in [-0.39, 0.29) is 11.3 Å². The summed E-state index contributed by atoms with van der Waals surface area (Å²) in [6.07, 6.45) is 1.96. The van der Waals surface area contributed by atoms with Gasteiger partial charge in [-0.1, -0.05) is 51.1 Å². The zero-order valence-corrected chi connectivity index (χ0v) is 17.9. The van der Waals surface area contributed by atoms with Gasteiger partial charge in [0.05, 0.1) is 5.52 Å². The molecule has 0 fully saturated rings. The Bertz CT molecular complexity index is 1020. The van der Waals surface area contributed by atoms with Gasteiger partial charge in [0, 0.05) is 18.4 Å². The summed E-state index contributed by atoms with van der Waals surface area (Å²) in [6.45, 7) is 9.33. The molecule has 1 aromatic heterocycles. The van der Waals surface area contributed by atoms with Crippen LogP contribution in [0.3, 0.4) is 0 Å². The van der Waals surface area contributed by atoms with Crippen molar-refractivity contribution in [1.29, 1.82) is 0 Å². The summed E-state index contributed by atoms with van der Waals surface area (Å²) in [6, 6.07) is 16.7. The Balaban J connectivity index is 1.74. The Hall–Kier alpha value is -2.88. The van der Waals surface area contributed by atoms with Crippen molar-refractivity contribution in [1.82, 2.24) is 10.3 Å². The van der Waals surface area contributed by atoms with Crippen LogP contribution in [0.4, 0.5) is 5.82 Å². The average Bonchev–Trinajstić information content (AvgIpc) is 2.65. The highest BCUT2D eigenvalue weighted by atomic mass is 16.1. The fourth-order valence-corrected chi connectivity index (χ4v) is 3.41. The third-order valence-corrected chi connectivity index (χ3v) is 5.20. The largest absolute Gasteiger partial charge is 0.383 e. The number of hydrogen-bond donors (Lipinski definition) is 2. The van der Waals surface area contributed by atoms with Crippen LogP contribution in [-0.4, -0.2) is 17.4 Å². The molecule has 0 spiro atoms. The van der Waals surface area contributed by atoms with E-state index in [1.165, 1.54) is 11.1 Å². The number of aromatic nitrogens is 1. The average molecular weight is 390 g/mol. The van der Waals surface area contributed by atoms with Gasteiger partial charge in [0.15, 0.2) is 0 Å². The van der Waals surface area contributed by atoms with Gasteiger partial charge in [0.25, 0.3) is 0 Å². The van der Waals surface area contributed by atoms with Crippen molar-refractivity contribution < 1.29 is 4.79 Å². The van der Waals surface area contributed by atoms with Gasteiger partial charge in [-0.2, -0.15) is 0 Å². The zero-order valence-electron chi connectivity index (χ0n) is 17.9. The normalized spacial score (nSPS) is 11.6. The highest BCUT2D eigenvalue weighted by Gasteiger charge is 2.12. The van der Waals surface area contributed by atoms with Crippen molar-refractivity contribution in [3.05, 3.63) is 59.7 Å². The van der Waals surface area contributed by atoms with E-state index in [9.17, 15) is 4.79 Å². The Morgan fingerprint density at radius 1 is 1.10 bits per heavy atom. The minimum atomic E-state index is 0.0578. The molecular weight excluding hydrogens is 358 g/mol. The van der Waals surface area contributed by atoms with E-state index in [1.54, 1.807) is 0 Å². The van der Waals surface area contributed by atoms with Crippen LogP contribution in [-0.2, 0) is 11.2 Å². The fourth-order valence-electron chi connectivity index (χ4n) is 3.41. The molecule has 0 radical (unpaired) electrons. The molecule has 3 N–H and O–H groups in total. The van der Waals surface area contributed by atoms with Crippen molar-refractivity contribution in [3.63, 3.8) is 0 Å². The molecule has 0 aliphatic heterocycles. The smallest absolute Gasteiger partial charge is 0.220 e. The maximum absolute atomic E-state index is 12.2. The van der Waals surface area contributed by atoms with Crippen LogP contribution < -0.4 is 11.1 Å². The Labute approximate surface area is 173 Å². The molecule has 152 valence electrons. The van der Waals surface area contributed by atoms with Crippen molar-refractivity contribution in [2.75, 3.05) is 12.3 Å². The first-order valence-electron chi connectivity index (χ1n) is 10.2. The molecule has 2 aromatic carbocycles. The number of nitrogen functional groups attached to an aromatic ring is 1. The van der Waals surface area contributed by atoms with Crippen LogP contribution in [0.2, 0.25) is 0 Å². The second kappa shape index (κ2) is 8.64. The van der Waals surface area contributed by atoms with Gasteiger partial charge in [0.2, 0.25) is 5.91 Å². The molecule has 0 unspecified atom stereocenters. The number of aryl methyl sites for hydroxylation is 2. The van der Waals surface area contributed by atoms with E-state index in [2.05, 4.69) is 74.4 Å². The summed E-state index contributed by atoms with van der Waals surface area (Å²) in [7, 11) is 0. The zero-order chi connectivity index (χ0) is 21.0. The number of benzene rings is 2. The van der Waals surface area contributed by atoms with Crippen LogP contribution in [0.15, 0.2) is 48.5 Å². The van der Waals surface area contributed by atoms with E-state index in [1.807, 2.05) is 12.1 Å². The molecule has 1 heterocycles. The van der Waals surface area contributed by atoms with E-state index in [4.69, 9.17) is 5.73 Å². The molecule has 4 heteroatoms. The first-order chi connectivity index (χ1) is 13.7. The molecule has 0 saturated carbocycles. The molecule has 29 heavy (non-hydrogen) atoms. The number of rotatable bonds is 6. The number of hydrogen-bond acceptors (Lipinski definition) is 3. The van der Waals surface area contributed by atoms with E-state index >= 15 is 0 Å². The van der Waals surface area contributed by atoms with Crippen LogP contribution in [0.5, 0.6) is 0 Å². The summed E-state index contributed by atoms with van der Waals surface area (Å²) in [5.41, 5.74) is 11.8. The Kier molecular flexibility index (Phi) is 6.21. The molecule has 4 nitrogen and oxygen atoms in total. The highest BCUT2D eigenvalue weighted by Crippen LogP contribution is 2.28. The number of pyridine rings is 1. The molecule has 3 rings (SSSR count). The molecular formula is C25H31N3O. The lowest BCUT2D eigenvalue weighted by Gasteiger charge is -2.18. The second-order valence-electron chi connectivity index (χ2n) is 8.92. The monoisotopic (exact) mass is 389 g/mol. The maximum Gasteiger partial charge on any atom is 0.220 e. The SMILES string of the molecule is Cc1ccccc1-c1ccc2nc(N)c(CCC(=O)NCCC(C)(C)C)cc2c1. The summed E-state index contributed by atoms with van der Waals surface area (Å²) in [5, 5.41) is 4.05. The number of nitrogens with one attached hydrogen (secondary N) is 1. The summed E-state index contributed by atoms with van der Waals surface area (Å²) in [4.78, 5) is 16.7. The fraction of sp³-hybridized carbons (Fsp3) is 0.360. The van der Waals surface area contributed by atoms with Gasteiger partial charge in [-0.25, -0.2) is 4.98 Å². The number of nitrogens with two attached hydrogens (primary N) is 1. The third-order valence-electron chi connectivity index (χ3n) is 5.20. The predicted octanol–water partition coefficient (Wildman–Crippen LogP) is 5.28. The van der Waals surface area contributed by atoms with Crippen LogP contribution in [0.25, 0.3) is 22.0 Å². The van der Waals surface area contributed by atoms with E-state index < -0.39 is 0 Å². The first kappa shape index (κ1) is 20.8. The van der Waals surface area contributed by atoms with Crippen molar-refractivity contribution in [3.8, 4) is 11.1 Å². The van der Waals surface area contributed by atoms with Gasteiger partial charge in [0.1, 0.15) is 5.82 Å². The number of nitrogens with zero attached hydrogens (tertiary/aromatic N) is 1. The van der Waals surface area contributed by atoms with Crippen molar-refractivity contribution in [2.45, 2.75) is 47.0 Å². The minimum Gasteiger partial charge on any atom is -0.383 e. The molecule has 0 saturated heterocycles. The Morgan fingerprint density at radius 3 is 2.59 bits per heavy atom. The third kappa shape index (κ3) is 5.57. The van der Waals surface area contributed by atoms with E-state index in [0.717, 1.165) is 28.5 Å². The number of amides is 1. The van der Waals surface area contributed by atoms with Gasteiger partial charge >= 0.3 is 0 Å². The first-order valence-corrected chi connectivity index (χ1v) is 10.2. The van der Waals surface area contributed by atoms with Gasteiger partial charge in [-0.05, 0) is 65.6 Å². The lowest BCUT2D eigenvalue weighted by Crippen LogP contribution is -2.27. The van der Waals surface area contributed by atoms with E-state index in [0.29, 0.717) is 25.2 Å². The number of carbonyl (C=O) groups is 1. The lowest BCUT2D eigenvalue weighted by molar-refractivity contribution is -0.121. The quantitative estimate of drug-likeness (QED) is 0.603.